The highest BCUT2D eigenvalue weighted by Gasteiger charge is 2.26. The minimum Gasteiger partial charge on any atom is -0.368 e. The van der Waals surface area contributed by atoms with E-state index in [1.807, 2.05) is 48.5 Å². The molecule has 0 saturated heterocycles. The standard InChI is InChI=1S/C15H28O3/c1-11(13(17)14(2,3)4)8-9-12(16)10-18-15(5,6)7/h11H,8-10H2,1-7H3/t11-/m1/s1. The van der Waals surface area contributed by atoms with Crippen molar-refractivity contribution >= 4 is 11.6 Å². The van der Waals surface area contributed by atoms with Gasteiger partial charge in [0.2, 0.25) is 0 Å². The zero-order chi connectivity index (χ0) is 14.6. The molecule has 0 N–H and O–H groups in total. The molecule has 0 fully saturated rings. The Balaban J connectivity index is 4.04. The van der Waals surface area contributed by atoms with Crippen LogP contribution in [-0.4, -0.2) is 23.8 Å². The third-order valence-electron chi connectivity index (χ3n) is 2.71. The molecule has 0 bridgehead atoms. The van der Waals surface area contributed by atoms with Gasteiger partial charge in [-0.25, -0.2) is 0 Å². The van der Waals surface area contributed by atoms with Gasteiger partial charge in [0.1, 0.15) is 12.4 Å². The smallest absolute Gasteiger partial charge is 0.158 e. The van der Waals surface area contributed by atoms with Crippen LogP contribution in [0, 0.1) is 11.3 Å². The Bertz CT molecular complexity index is 292. The van der Waals surface area contributed by atoms with E-state index in [1.54, 1.807) is 0 Å². The lowest BCUT2D eigenvalue weighted by Gasteiger charge is -2.22. The van der Waals surface area contributed by atoms with Gasteiger partial charge in [0.25, 0.3) is 0 Å². The van der Waals surface area contributed by atoms with Crippen LogP contribution in [0.5, 0.6) is 0 Å². The topological polar surface area (TPSA) is 43.4 Å². The van der Waals surface area contributed by atoms with Gasteiger partial charge in [-0.3, -0.25) is 9.59 Å². The van der Waals surface area contributed by atoms with E-state index in [1.165, 1.54) is 0 Å². The second kappa shape index (κ2) is 6.46. The van der Waals surface area contributed by atoms with Gasteiger partial charge in [0.05, 0.1) is 5.60 Å². The minimum atomic E-state index is -0.329. The highest BCUT2D eigenvalue weighted by Crippen LogP contribution is 2.22. The van der Waals surface area contributed by atoms with Crippen molar-refractivity contribution in [3.63, 3.8) is 0 Å². The van der Waals surface area contributed by atoms with E-state index in [0.717, 1.165) is 0 Å². The SMILES string of the molecule is C[C@H](CCC(=O)COC(C)(C)C)C(=O)C(C)(C)C. The molecule has 0 aliphatic rings. The van der Waals surface area contributed by atoms with Crippen molar-refractivity contribution < 1.29 is 14.3 Å². The first-order valence-corrected chi connectivity index (χ1v) is 6.63. The summed E-state index contributed by atoms with van der Waals surface area (Å²) >= 11 is 0. The highest BCUT2D eigenvalue weighted by atomic mass is 16.5. The summed E-state index contributed by atoms with van der Waals surface area (Å²) < 4.78 is 5.42. The van der Waals surface area contributed by atoms with Crippen molar-refractivity contribution in [2.24, 2.45) is 11.3 Å². The summed E-state index contributed by atoms with van der Waals surface area (Å²) in [6.45, 7) is 13.5. The lowest BCUT2D eigenvalue weighted by atomic mass is 9.82. The molecule has 0 aromatic heterocycles. The zero-order valence-corrected chi connectivity index (χ0v) is 12.9. The van der Waals surface area contributed by atoms with E-state index in [2.05, 4.69) is 0 Å². The Morgan fingerprint density at radius 3 is 1.94 bits per heavy atom. The first kappa shape index (κ1) is 17.3. The van der Waals surface area contributed by atoms with E-state index in [9.17, 15) is 9.59 Å². The normalized spacial score (nSPS) is 14.4. The zero-order valence-electron chi connectivity index (χ0n) is 12.9. The first-order valence-electron chi connectivity index (χ1n) is 6.63. The summed E-state index contributed by atoms with van der Waals surface area (Å²) in [4.78, 5) is 23.6. The fourth-order valence-corrected chi connectivity index (χ4v) is 1.62. The molecule has 0 aliphatic carbocycles. The lowest BCUT2D eigenvalue weighted by molar-refractivity contribution is -0.131. The van der Waals surface area contributed by atoms with E-state index < -0.39 is 0 Å². The molecular weight excluding hydrogens is 228 g/mol. The van der Waals surface area contributed by atoms with Crippen LogP contribution in [0.2, 0.25) is 0 Å². The van der Waals surface area contributed by atoms with Gasteiger partial charge in [-0.1, -0.05) is 27.7 Å². The maximum absolute atomic E-state index is 12.0. The molecule has 0 spiro atoms. The number of Topliss-reactive ketones (excluding diaryl/α,β-unsaturated/α-hetero) is 2. The fourth-order valence-electron chi connectivity index (χ4n) is 1.62. The molecule has 0 unspecified atom stereocenters. The predicted molar refractivity (Wildman–Crippen MR) is 73.6 cm³/mol. The maximum Gasteiger partial charge on any atom is 0.158 e. The number of hydrogen-bond donors (Lipinski definition) is 0. The van der Waals surface area contributed by atoms with Crippen molar-refractivity contribution in [1.29, 1.82) is 0 Å². The maximum atomic E-state index is 12.0. The van der Waals surface area contributed by atoms with Gasteiger partial charge in [-0.15, -0.1) is 0 Å². The first-order chi connectivity index (χ1) is 7.93. The Morgan fingerprint density at radius 1 is 1.06 bits per heavy atom. The molecule has 3 heteroatoms. The van der Waals surface area contributed by atoms with Crippen molar-refractivity contribution in [2.45, 2.75) is 66.9 Å². The van der Waals surface area contributed by atoms with Crippen molar-refractivity contribution in [3.8, 4) is 0 Å². The second-order valence-corrected chi connectivity index (χ2v) is 6.99. The summed E-state index contributed by atoms with van der Waals surface area (Å²) in [7, 11) is 0. The van der Waals surface area contributed by atoms with E-state index in [4.69, 9.17) is 4.74 Å². The second-order valence-electron chi connectivity index (χ2n) is 6.99. The molecule has 1 atom stereocenters. The monoisotopic (exact) mass is 256 g/mol. The summed E-state index contributed by atoms with van der Waals surface area (Å²) in [5.41, 5.74) is -0.618. The van der Waals surface area contributed by atoms with E-state index >= 15 is 0 Å². The average Bonchev–Trinajstić information content (AvgIpc) is 2.19. The summed E-state index contributed by atoms with van der Waals surface area (Å²) in [6.07, 6.45) is 1.03. The van der Waals surface area contributed by atoms with Gasteiger partial charge in [-0.2, -0.15) is 0 Å². The molecule has 0 amide bonds. The molecule has 106 valence electrons. The summed E-state index contributed by atoms with van der Waals surface area (Å²) in [5, 5.41) is 0. The number of ketones is 2. The van der Waals surface area contributed by atoms with Gasteiger partial charge in [0, 0.05) is 17.8 Å². The Hall–Kier alpha value is -0.700. The van der Waals surface area contributed by atoms with Crippen molar-refractivity contribution in [2.75, 3.05) is 6.61 Å². The number of ether oxygens (including phenoxy) is 1. The average molecular weight is 256 g/mol. The molecule has 0 aromatic carbocycles. The molecule has 0 aromatic rings. The van der Waals surface area contributed by atoms with E-state index in [0.29, 0.717) is 12.8 Å². The Morgan fingerprint density at radius 2 is 1.56 bits per heavy atom. The van der Waals surface area contributed by atoms with Gasteiger partial charge in [-0.05, 0) is 27.2 Å². The van der Waals surface area contributed by atoms with Gasteiger partial charge in [0.15, 0.2) is 5.78 Å². The molecule has 0 rings (SSSR count). The quantitative estimate of drug-likeness (QED) is 0.731. The summed E-state index contributed by atoms with van der Waals surface area (Å²) in [5.74, 6) is 0.217. The molecule has 0 radical (unpaired) electrons. The number of carbonyl (C=O) groups excluding carboxylic acids is 2. The van der Waals surface area contributed by atoms with Crippen LogP contribution in [0.1, 0.15) is 61.3 Å². The minimum absolute atomic E-state index is 0.0661. The molecular formula is C15H28O3. The van der Waals surface area contributed by atoms with Crippen LogP contribution < -0.4 is 0 Å². The molecule has 3 nitrogen and oxygen atoms in total. The lowest BCUT2D eigenvalue weighted by Crippen LogP contribution is -2.28. The Labute approximate surface area is 111 Å². The van der Waals surface area contributed by atoms with Gasteiger partial charge >= 0.3 is 0 Å². The van der Waals surface area contributed by atoms with Crippen LogP contribution >= 0.6 is 0 Å². The van der Waals surface area contributed by atoms with Crippen molar-refractivity contribution in [1.82, 2.24) is 0 Å². The van der Waals surface area contributed by atoms with Crippen LogP contribution in [0.25, 0.3) is 0 Å². The van der Waals surface area contributed by atoms with E-state index in [-0.39, 0.29) is 35.1 Å². The van der Waals surface area contributed by atoms with Gasteiger partial charge < -0.3 is 4.74 Å². The fraction of sp³-hybridized carbons (Fsp3) is 0.867. The van der Waals surface area contributed by atoms with Crippen LogP contribution in [-0.2, 0) is 14.3 Å². The number of hydrogen-bond acceptors (Lipinski definition) is 3. The highest BCUT2D eigenvalue weighted by molar-refractivity contribution is 5.86. The summed E-state index contributed by atoms with van der Waals surface area (Å²) in [6, 6.07) is 0. The number of rotatable bonds is 6. The van der Waals surface area contributed by atoms with Crippen molar-refractivity contribution in [3.05, 3.63) is 0 Å². The molecule has 0 aliphatic heterocycles. The van der Waals surface area contributed by atoms with Crippen LogP contribution in [0.3, 0.4) is 0 Å². The van der Waals surface area contributed by atoms with Crippen LogP contribution in [0.4, 0.5) is 0 Å². The third kappa shape index (κ3) is 7.59. The molecule has 0 heterocycles. The molecule has 18 heavy (non-hydrogen) atoms. The largest absolute Gasteiger partial charge is 0.368 e. The number of carbonyl (C=O) groups is 2. The third-order valence-corrected chi connectivity index (χ3v) is 2.71. The Kier molecular flexibility index (Phi) is 6.21. The van der Waals surface area contributed by atoms with Crippen LogP contribution in [0.15, 0.2) is 0 Å². The predicted octanol–water partition coefficient (Wildman–Crippen LogP) is 3.40. The molecule has 0 saturated carbocycles.